The van der Waals surface area contributed by atoms with Gasteiger partial charge in [0.25, 0.3) is 5.91 Å². The standard InChI is InChI=1S/C29H30ClFN4O2S/c1-4-5-16-37-25-14-9-22(10-15-25)28(36)32-20(3)27-33-34-29(38-18-21-7-12-24(31)13-8-21)35(27)26-17-23(30)11-6-19(26)2/h6-15,17,20H,4-5,16,18H2,1-3H3,(H,32,36). The third-order valence-electron chi connectivity index (χ3n) is 5.97. The van der Waals surface area contributed by atoms with Crippen LogP contribution in [0.15, 0.2) is 71.9 Å². The number of amides is 1. The molecule has 1 heterocycles. The van der Waals surface area contributed by atoms with Crippen molar-refractivity contribution in [2.45, 2.75) is 50.6 Å². The number of ether oxygens (including phenoxy) is 1. The zero-order valence-electron chi connectivity index (χ0n) is 21.6. The van der Waals surface area contributed by atoms with Crippen molar-refractivity contribution in [2.75, 3.05) is 6.61 Å². The number of hydrogen-bond acceptors (Lipinski definition) is 5. The number of unbranched alkanes of at least 4 members (excludes halogenated alkanes) is 1. The van der Waals surface area contributed by atoms with Crippen LogP contribution in [0.4, 0.5) is 4.39 Å². The second-order valence-corrected chi connectivity index (χ2v) is 10.3. The molecule has 0 saturated heterocycles. The first-order valence-electron chi connectivity index (χ1n) is 12.5. The van der Waals surface area contributed by atoms with E-state index in [1.807, 2.05) is 36.6 Å². The number of benzene rings is 3. The lowest BCUT2D eigenvalue weighted by Crippen LogP contribution is -2.28. The third kappa shape index (κ3) is 6.94. The van der Waals surface area contributed by atoms with E-state index >= 15 is 0 Å². The van der Waals surface area contributed by atoms with Gasteiger partial charge in [0.1, 0.15) is 11.6 Å². The zero-order valence-corrected chi connectivity index (χ0v) is 23.2. The number of rotatable bonds is 11. The number of aromatic nitrogens is 3. The number of carbonyl (C=O) groups excluding carboxylic acids is 1. The second kappa shape index (κ2) is 12.9. The number of nitrogens with zero attached hydrogens (tertiary/aromatic N) is 3. The van der Waals surface area contributed by atoms with Crippen molar-refractivity contribution in [1.82, 2.24) is 20.1 Å². The Labute approximate surface area is 231 Å². The molecule has 1 atom stereocenters. The molecule has 6 nitrogen and oxygen atoms in total. The van der Waals surface area contributed by atoms with E-state index in [1.165, 1.54) is 23.9 Å². The van der Waals surface area contributed by atoms with Gasteiger partial charge in [0.2, 0.25) is 0 Å². The first-order valence-corrected chi connectivity index (χ1v) is 13.8. The summed E-state index contributed by atoms with van der Waals surface area (Å²) in [6.07, 6.45) is 2.04. The summed E-state index contributed by atoms with van der Waals surface area (Å²) in [5.41, 5.74) is 3.29. The number of halogens is 2. The number of hydrogen-bond donors (Lipinski definition) is 1. The van der Waals surface area contributed by atoms with Gasteiger partial charge in [-0.3, -0.25) is 9.36 Å². The monoisotopic (exact) mass is 552 g/mol. The van der Waals surface area contributed by atoms with E-state index in [1.54, 1.807) is 36.4 Å². The molecule has 1 aromatic heterocycles. The summed E-state index contributed by atoms with van der Waals surface area (Å²) in [5, 5.41) is 13.1. The molecule has 0 aliphatic heterocycles. The summed E-state index contributed by atoms with van der Waals surface area (Å²) >= 11 is 7.82. The molecule has 1 N–H and O–H groups in total. The molecule has 4 rings (SSSR count). The molecule has 0 aliphatic rings. The molecule has 0 spiro atoms. The highest BCUT2D eigenvalue weighted by Crippen LogP contribution is 2.30. The van der Waals surface area contributed by atoms with E-state index in [4.69, 9.17) is 16.3 Å². The molecule has 0 bridgehead atoms. The molecule has 0 radical (unpaired) electrons. The van der Waals surface area contributed by atoms with Gasteiger partial charge in [-0.05, 0) is 79.9 Å². The molecule has 0 saturated carbocycles. The maximum atomic E-state index is 13.3. The predicted molar refractivity (Wildman–Crippen MR) is 150 cm³/mol. The fraction of sp³-hybridized carbons (Fsp3) is 0.276. The molecule has 0 aliphatic carbocycles. The van der Waals surface area contributed by atoms with E-state index in [2.05, 4.69) is 22.4 Å². The average molecular weight is 553 g/mol. The highest BCUT2D eigenvalue weighted by atomic mass is 35.5. The molecule has 3 aromatic carbocycles. The zero-order chi connectivity index (χ0) is 27.1. The Bertz CT molecular complexity index is 1380. The van der Waals surface area contributed by atoms with Gasteiger partial charge in [0.15, 0.2) is 11.0 Å². The summed E-state index contributed by atoms with van der Waals surface area (Å²) in [6, 6.07) is 18.6. The summed E-state index contributed by atoms with van der Waals surface area (Å²) < 4.78 is 21.0. The SMILES string of the molecule is CCCCOc1ccc(C(=O)NC(C)c2nnc(SCc3ccc(F)cc3)n2-c2cc(Cl)ccc2C)cc1. The van der Waals surface area contributed by atoms with Crippen LogP contribution in [-0.4, -0.2) is 27.3 Å². The Hall–Kier alpha value is -3.36. The van der Waals surface area contributed by atoms with E-state index in [0.29, 0.717) is 33.9 Å². The van der Waals surface area contributed by atoms with Crippen molar-refractivity contribution in [3.63, 3.8) is 0 Å². The first kappa shape index (κ1) is 27.7. The van der Waals surface area contributed by atoms with Crippen LogP contribution in [-0.2, 0) is 5.75 Å². The Kier molecular flexibility index (Phi) is 9.42. The van der Waals surface area contributed by atoms with Gasteiger partial charge < -0.3 is 10.1 Å². The van der Waals surface area contributed by atoms with Crippen molar-refractivity contribution in [3.05, 3.63) is 100 Å². The minimum atomic E-state index is -0.450. The lowest BCUT2D eigenvalue weighted by Gasteiger charge is -2.18. The minimum absolute atomic E-state index is 0.226. The number of nitrogens with one attached hydrogen (secondary N) is 1. The van der Waals surface area contributed by atoms with Gasteiger partial charge in [-0.15, -0.1) is 10.2 Å². The Morgan fingerprint density at radius 1 is 1.11 bits per heavy atom. The fourth-order valence-electron chi connectivity index (χ4n) is 3.81. The molecular weight excluding hydrogens is 523 g/mol. The lowest BCUT2D eigenvalue weighted by molar-refractivity contribution is 0.0938. The minimum Gasteiger partial charge on any atom is -0.494 e. The summed E-state index contributed by atoms with van der Waals surface area (Å²) in [5.74, 6) is 1.38. The Morgan fingerprint density at radius 2 is 1.84 bits per heavy atom. The van der Waals surface area contributed by atoms with Crippen molar-refractivity contribution in [2.24, 2.45) is 0 Å². The first-order chi connectivity index (χ1) is 18.4. The van der Waals surface area contributed by atoms with Crippen molar-refractivity contribution < 1.29 is 13.9 Å². The van der Waals surface area contributed by atoms with Crippen LogP contribution in [0.1, 0.15) is 60.0 Å². The molecular formula is C29H30ClFN4O2S. The maximum Gasteiger partial charge on any atom is 0.251 e. The van der Waals surface area contributed by atoms with E-state index in [0.717, 1.165) is 35.4 Å². The van der Waals surface area contributed by atoms with Crippen molar-refractivity contribution in [3.8, 4) is 11.4 Å². The molecule has 198 valence electrons. The normalized spacial score (nSPS) is 11.8. The van der Waals surface area contributed by atoms with Crippen LogP contribution < -0.4 is 10.1 Å². The summed E-state index contributed by atoms with van der Waals surface area (Å²) in [6.45, 7) is 6.62. The fourth-order valence-corrected chi connectivity index (χ4v) is 4.89. The largest absolute Gasteiger partial charge is 0.494 e. The molecule has 1 amide bonds. The predicted octanol–water partition coefficient (Wildman–Crippen LogP) is 7.33. The highest BCUT2D eigenvalue weighted by Gasteiger charge is 2.23. The van der Waals surface area contributed by atoms with Gasteiger partial charge >= 0.3 is 0 Å². The van der Waals surface area contributed by atoms with Gasteiger partial charge in [-0.1, -0.05) is 54.9 Å². The van der Waals surface area contributed by atoms with Gasteiger partial charge in [-0.25, -0.2) is 4.39 Å². The summed E-state index contributed by atoms with van der Waals surface area (Å²) in [7, 11) is 0. The molecule has 9 heteroatoms. The lowest BCUT2D eigenvalue weighted by atomic mass is 10.1. The van der Waals surface area contributed by atoms with Crippen molar-refractivity contribution >= 4 is 29.3 Å². The van der Waals surface area contributed by atoms with Crippen LogP contribution in [0.2, 0.25) is 5.02 Å². The number of carbonyl (C=O) groups is 1. The van der Waals surface area contributed by atoms with Crippen LogP contribution in [0, 0.1) is 12.7 Å². The number of thioether (sulfide) groups is 1. The second-order valence-electron chi connectivity index (χ2n) is 8.94. The quantitative estimate of drug-likeness (QED) is 0.156. The average Bonchev–Trinajstić information content (AvgIpc) is 3.34. The topological polar surface area (TPSA) is 69.0 Å². The molecule has 0 fully saturated rings. The van der Waals surface area contributed by atoms with E-state index in [9.17, 15) is 9.18 Å². The molecule has 4 aromatic rings. The van der Waals surface area contributed by atoms with E-state index < -0.39 is 6.04 Å². The highest BCUT2D eigenvalue weighted by molar-refractivity contribution is 7.98. The Balaban J connectivity index is 1.56. The third-order valence-corrected chi connectivity index (χ3v) is 7.20. The van der Waals surface area contributed by atoms with Crippen LogP contribution in [0.25, 0.3) is 5.69 Å². The number of aryl methyl sites for hydroxylation is 1. The smallest absolute Gasteiger partial charge is 0.251 e. The van der Waals surface area contributed by atoms with Crippen LogP contribution >= 0.6 is 23.4 Å². The molecule has 1 unspecified atom stereocenters. The van der Waals surface area contributed by atoms with Gasteiger partial charge in [-0.2, -0.15) is 0 Å². The maximum absolute atomic E-state index is 13.3. The van der Waals surface area contributed by atoms with Crippen LogP contribution in [0.5, 0.6) is 5.75 Å². The van der Waals surface area contributed by atoms with Gasteiger partial charge in [0.05, 0.1) is 18.3 Å². The van der Waals surface area contributed by atoms with Gasteiger partial charge in [0, 0.05) is 16.3 Å². The van der Waals surface area contributed by atoms with E-state index in [-0.39, 0.29) is 11.7 Å². The van der Waals surface area contributed by atoms with Crippen LogP contribution in [0.3, 0.4) is 0 Å². The Morgan fingerprint density at radius 3 is 2.55 bits per heavy atom. The molecule has 38 heavy (non-hydrogen) atoms. The van der Waals surface area contributed by atoms with Crippen molar-refractivity contribution in [1.29, 1.82) is 0 Å². The summed E-state index contributed by atoms with van der Waals surface area (Å²) in [4.78, 5) is 13.0.